The molecule has 0 fully saturated rings. The highest BCUT2D eigenvalue weighted by Crippen LogP contribution is 2.17. The molecule has 0 spiro atoms. The molecule has 28 heavy (non-hydrogen) atoms. The summed E-state index contributed by atoms with van der Waals surface area (Å²) in [4.78, 5) is 12.3. The molecule has 144 valence electrons. The normalized spacial score (nSPS) is 10.8. The van der Waals surface area contributed by atoms with Crippen LogP contribution in [0.2, 0.25) is 0 Å². The van der Waals surface area contributed by atoms with E-state index < -0.39 is 0 Å². The summed E-state index contributed by atoms with van der Waals surface area (Å²) in [6.45, 7) is 1.11. The molecule has 4 heteroatoms. The lowest BCUT2D eigenvalue weighted by atomic mass is 9.99. The molecule has 0 saturated heterocycles. The summed E-state index contributed by atoms with van der Waals surface area (Å²) in [7, 11) is 0. The van der Waals surface area contributed by atoms with E-state index in [4.69, 9.17) is 0 Å². The second-order valence-corrected chi connectivity index (χ2v) is 7.73. The molecule has 1 amide bonds. The van der Waals surface area contributed by atoms with Crippen molar-refractivity contribution in [3.63, 3.8) is 0 Å². The van der Waals surface area contributed by atoms with Gasteiger partial charge >= 0.3 is 0 Å². The van der Waals surface area contributed by atoms with Crippen LogP contribution in [-0.4, -0.2) is 24.7 Å². The summed E-state index contributed by atoms with van der Waals surface area (Å²) in [5, 5.41) is 5.14. The molecule has 3 rings (SSSR count). The maximum Gasteiger partial charge on any atom is 0.275 e. The summed E-state index contributed by atoms with van der Waals surface area (Å²) < 4.78 is 0. The molecule has 0 aliphatic heterocycles. The van der Waals surface area contributed by atoms with Gasteiger partial charge < -0.3 is 10.6 Å². The van der Waals surface area contributed by atoms with Crippen LogP contribution in [0.1, 0.15) is 22.7 Å². The van der Waals surface area contributed by atoms with E-state index in [1.165, 1.54) is 16.7 Å². The third kappa shape index (κ3) is 6.55. The van der Waals surface area contributed by atoms with Crippen molar-refractivity contribution in [2.24, 2.45) is 0 Å². The third-order valence-electron chi connectivity index (χ3n) is 4.54. The number of nitrogens with two attached hydrogens (primary N) is 1. The van der Waals surface area contributed by atoms with E-state index in [1.54, 1.807) is 0 Å². The smallest absolute Gasteiger partial charge is 0.275 e. The molecule has 3 aromatic rings. The molecule has 3 aromatic carbocycles. The van der Waals surface area contributed by atoms with E-state index in [2.05, 4.69) is 59.2 Å². The van der Waals surface area contributed by atoms with Crippen LogP contribution in [0.4, 0.5) is 0 Å². The van der Waals surface area contributed by atoms with Crippen molar-refractivity contribution in [2.45, 2.75) is 11.8 Å². The molecule has 3 N–H and O–H groups in total. The number of rotatable bonds is 10. The van der Waals surface area contributed by atoms with Crippen LogP contribution in [0, 0.1) is 0 Å². The van der Waals surface area contributed by atoms with Gasteiger partial charge in [-0.3, -0.25) is 4.79 Å². The van der Waals surface area contributed by atoms with E-state index in [0.29, 0.717) is 13.1 Å². The summed E-state index contributed by atoms with van der Waals surface area (Å²) in [5.74, 6) is 1.98. The summed E-state index contributed by atoms with van der Waals surface area (Å²) in [6.07, 6.45) is 0. The molecule has 0 aliphatic rings. The number of benzene rings is 3. The minimum absolute atomic E-state index is 0.0807. The number of hydrogen-bond acceptors (Lipinski definition) is 2. The Kier molecular flexibility index (Phi) is 8.16. The molecule has 0 aromatic heterocycles. The number of thioether (sulfide) groups is 1. The standard InChI is InChI=1S/C24H26N2OS/c27-23(25-16-17-28-19-20-10-4-1-5-11-20)18-26-24(21-12-6-2-7-13-21)22-14-8-3-9-15-22/h1-15,24,26H,16-19H2,(H,25,27)/p+1. The second kappa shape index (κ2) is 11.3. The lowest BCUT2D eigenvalue weighted by molar-refractivity contribution is -0.676. The van der Waals surface area contributed by atoms with Crippen LogP contribution in [-0.2, 0) is 10.5 Å². The van der Waals surface area contributed by atoms with E-state index in [0.717, 1.165) is 11.5 Å². The lowest BCUT2D eigenvalue weighted by Gasteiger charge is -2.16. The molecule has 0 atom stereocenters. The predicted octanol–water partition coefficient (Wildman–Crippen LogP) is 3.39. The van der Waals surface area contributed by atoms with Crippen LogP contribution >= 0.6 is 11.8 Å². The topological polar surface area (TPSA) is 45.7 Å². The molecule has 0 saturated carbocycles. The molecule has 0 heterocycles. The van der Waals surface area contributed by atoms with Gasteiger partial charge in [-0.15, -0.1) is 0 Å². The van der Waals surface area contributed by atoms with Crippen LogP contribution in [0.3, 0.4) is 0 Å². The Morgan fingerprint density at radius 1 is 0.821 bits per heavy atom. The number of amides is 1. The summed E-state index contributed by atoms with van der Waals surface area (Å²) in [6, 6.07) is 31.2. The first-order valence-electron chi connectivity index (χ1n) is 9.64. The van der Waals surface area contributed by atoms with Gasteiger partial charge in [-0.05, 0) is 5.56 Å². The van der Waals surface area contributed by atoms with Crippen molar-refractivity contribution in [1.82, 2.24) is 5.32 Å². The fraction of sp³-hybridized carbons (Fsp3) is 0.208. The maximum atomic E-state index is 12.3. The van der Waals surface area contributed by atoms with Gasteiger partial charge in [0.15, 0.2) is 6.54 Å². The van der Waals surface area contributed by atoms with Crippen LogP contribution in [0.15, 0.2) is 91.0 Å². The SMILES string of the molecule is O=C(C[NH2+]C(c1ccccc1)c1ccccc1)NCCSCc1ccccc1. The van der Waals surface area contributed by atoms with Gasteiger partial charge in [0.2, 0.25) is 0 Å². The first kappa shape index (κ1) is 20.2. The average molecular weight is 392 g/mol. The average Bonchev–Trinajstić information content (AvgIpc) is 2.76. The van der Waals surface area contributed by atoms with Crippen LogP contribution in [0.5, 0.6) is 0 Å². The van der Waals surface area contributed by atoms with Crippen LogP contribution < -0.4 is 10.6 Å². The molecular formula is C24H27N2OS+. The molecule has 3 nitrogen and oxygen atoms in total. The van der Waals surface area contributed by atoms with Gasteiger partial charge in [-0.25, -0.2) is 0 Å². The first-order valence-corrected chi connectivity index (χ1v) is 10.8. The number of nitrogens with one attached hydrogen (secondary N) is 1. The van der Waals surface area contributed by atoms with Crippen molar-refractivity contribution in [2.75, 3.05) is 18.8 Å². The fourth-order valence-corrected chi connectivity index (χ4v) is 3.93. The van der Waals surface area contributed by atoms with Crippen molar-refractivity contribution in [3.8, 4) is 0 Å². The van der Waals surface area contributed by atoms with Gasteiger partial charge in [-0.1, -0.05) is 91.0 Å². The van der Waals surface area contributed by atoms with Gasteiger partial charge in [0, 0.05) is 29.2 Å². The number of quaternary nitrogens is 1. The Morgan fingerprint density at radius 3 is 1.93 bits per heavy atom. The largest absolute Gasteiger partial charge is 0.350 e. The number of carbonyl (C=O) groups is 1. The Hall–Kier alpha value is -2.56. The Balaban J connectivity index is 1.43. The predicted molar refractivity (Wildman–Crippen MR) is 117 cm³/mol. The highest BCUT2D eigenvalue weighted by atomic mass is 32.2. The summed E-state index contributed by atoms with van der Waals surface area (Å²) in [5.41, 5.74) is 3.74. The van der Waals surface area contributed by atoms with Crippen LogP contribution in [0.25, 0.3) is 0 Å². The number of carbonyl (C=O) groups excluding carboxylic acids is 1. The van der Waals surface area contributed by atoms with Gasteiger partial charge in [0.25, 0.3) is 5.91 Å². The van der Waals surface area contributed by atoms with E-state index in [-0.39, 0.29) is 11.9 Å². The Bertz CT molecular complexity index is 785. The van der Waals surface area contributed by atoms with E-state index in [1.807, 2.05) is 54.2 Å². The zero-order valence-electron chi connectivity index (χ0n) is 16.0. The molecular weight excluding hydrogens is 364 g/mol. The maximum absolute atomic E-state index is 12.3. The Morgan fingerprint density at radius 2 is 1.36 bits per heavy atom. The van der Waals surface area contributed by atoms with Crippen molar-refractivity contribution < 1.29 is 10.1 Å². The summed E-state index contributed by atoms with van der Waals surface area (Å²) >= 11 is 1.84. The second-order valence-electron chi connectivity index (χ2n) is 6.63. The quantitative estimate of drug-likeness (QED) is 0.521. The van der Waals surface area contributed by atoms with Gasteiger partial charge in [0.05, 0.1) is 0 Å². The third-order valence-corrected chi connectivity index (χ3v) is 5.57. The van der Waals surface area contributed by atoms with E-state index >= 15 is 0 Å². The zero-order chi connectivity index (χ0) is 19.4. The minimum atomic E-state index is 0.0807. The molecule has 0 unspecified atom stereocenters. The first-order chi connectivity index (χ1) is 13.8. The number of hydrogen-bond donors (Lipinski definition) is 2. The lowest BCUT2D eigenvalue weighted by Crippen LogP contribution is -2.87. The van der Waals surface area contributed by atoms with Crippen molar-refractivity contribution >= 4 is 17.7 Å². The molecule has 0 aliphatic carbocycles. The highest BCUT2D eigenvalue weighted by molar-refractivity contribution is 7.98. The zero-order valence-corrected chi connectivity index (χ0v) is 16.8. The minimum Gasteiger partial charge on any atom is -0.350 e. The monoisotopic (exact) mass is 391 g/mol. The highest BCUT2D eigenvalue weighted by Gasteiger charge is 2.18. The van der Waals surface area contributed by atoms with Crippen molar-refractivity contribution in [3.05, 3.63) is 108 Å². The fourth-order valence-electron chi connectivity index (χ4n) is 3.11. The molecule has 0 bridgehead atoms. The van der Waals surface area contributed by atoms with E-state index in [9.17, 15) is 4.79 Å². The van der Waals surface area contributed by atoms with Gasteiger partial charge in [0.1, 0.15) is 6.04 Å². The van der Waals surface area contributed by atoms with Gasteiger partial charge in [-0.2, -0.15) is 11.8 Å². The molecule has 0 radical (unpaired) electrons. The Labute approximate surface area is 171 Å². The van der Waals surface area contributed by atoms with Crippen molar-refractivity contribution in [1.29, 1.82) is 0 Å².